The van der Waals surface area contributed by atoms with Crippen molar-refractivity contribution in [1.29, 1.82) is 0 Å². The van der Waals surface area contributed by atoms with Gasteiger partial charge in [-0.05, 0) is 19.4 Å². The van der Waals surface area contributed by atoms with Gasteiger partial charge in [0.2, 0.25) is 0 Å². The zero-order valence-corrected chi connectivity index (χ0v) is 13.8. The predicted molar refractivity (Wildman–Crippen MR) is 87.2 cm³/mol. The molecule has 2 heterocycles. The number of Topliss-reactive ketones (excluding diaryl/α,β-unsaturated/α-hetero) is 1. The number of carbonyl (C=O) groups excluding carboxylic acids is 2. The van der Waals surface area contributed by atoms with Crippen molar-refractivity contribution < 1.29 is 18.0 Å². The second-order valence-electron chi connectivity index (χ2n) is 5.97. The van der Waals surface area contributed by atoms with Crippen LogP contribution in [-0.2, 0) is 14.6 Å². The van der Waals surface area contributed by atoms with Crippen molar-refractivity contribution in [2.45, 2.75) is 19.4 Å². The van der Waals surface area contributed by atoms with E-state index in [0.29, 0.717) is 23.1 Å². The number of sulfone groups is 1. The summed E-state index contributed by atoms with van der Waals surface area (Å²) in [7, 11) is -1.61. The maximum absolute atomic E-state index is 12.6. The Morgan fingerprint density at radius 3 is 2.61 bits per heavy atom. The van der Waals surface area contributed by atoms with Gasteiger partial charge in [0, 0.05) is 29.7 Å². The van der Waals surface area contributed by atoms with Crippen LogP contribution in [0.2, 0.25) is 0 Å². The molecule has 1 aromatic heterocycles. The molecule has 1 amide bonds. The summed E-state index contributed by atoms with van der Waals surface area (Å²) >= 11 is 0. The quantitative estimate of drug-likeness (QED) is 0.677. The number of ketones is 1. The van der Waals surface area contributed by atoms with Gasteiger partial charge in [-0.15, -0.1) is 0 Å². The number of likely N-dealkylation sites (N-methyl/N-ethyl adjacent to an activating group) is 1. The van der Waals surface area contributed by atoms with Crippen LogP contribution in [0.1, 0.15) is 22.5 Å². The Balaban J connectivity index is 1.90. The molecule has 23 heavy (non-hydrogen) atoms. The molecule has 7 heteroatoms. The summed E-state index contributed by atoms with van der Waals surface area (Å²) in [4.78, 5) is 29.5. The minimum Gasteiger partial charge on any atom is -0.358 e. The lowest BCUT2D eigenvalue weighted by molar-refractivity contribution is -0.126. The molecule has 0 aliphatic carbocycles. The number of carbonyl (C=O) groups is 2. The molecule has 1 aliphatic rings. The van der Waals surface area contributed by atoms with Crippen molar-refractivity contribution in [2.75, 3.05) is 18.6 Å². The first-order valence-corrected chi connectivity index (χ1v) is 9.21. The molecule has 1 atom stereocenters. The second kappa shape index (κ2) is 5.49. The van der Waals surface area contributed by atoms with Gasteiger partial charge in [-0.3, -0.25) is 9.59 Å². The molecular weight excluding hydrogens is 316 g/mol. The third-order valence-electron chi connectivity index (χ3n) is 4.39. The average Bonchev–Trinajstić information content (AvgIpc) is 3.03. The lowest BCUT2D eigenvalue weighted by atomic mass is 10.1. The topological polar surface area (TPSA) is 87.3 Å². The molecule has 122 valence electrons. The molecule has 0 saturated carbocycles. The molecule has 1 fully saturated rings. The molecule has 1 aliphatic heterocycles. The van der Waals surface area contributed by atoms with E-state index in [1.165, 1.54) is 11.9 Å². The minimum absolute atomic E-state index is 0.0651. The van der Waals surface area contributed by atoms with Crippen molar-refractivity contribution in [1.82, 2.24) is 9.88 Å². The summed E-state index contributed by atoms with van der Waals surface area (Å²) in [6, 6.07) is 6.87. The Morgan fingerprint density at radius 2 is 1.96 bits per heavy atom. The van der Waals surface area contributed by atoms with Crippen LogP contribution in [0.3, 0.4) is 0 Å². The van der Waals surface area contributed by atoms with Gasteiger partial charge in [0.1, 0.15) is 0 Å². The van der Waals surface area contributed by atoms with Crippen LogP contribution in [0.25, 0.3) is 10.9 Å². The number of para-hydroxylation sites is 1. The molecule has 0 unspecified atom stereocenters. The maximum Gasteiger partial charge on any atom is 0.295 e. The first-order valence-electron chi connectivity index (χ1n) is 7.39. The number of hydrogen-bond acceptors (Lipinski definition) is 4. The van der Waals surface area contributed by atoms with Gasteiger partial charge < -0.3 is 9.88 Å². The SMILES string of the molecule is Cc1[nH]c2ccccc2c1C(=O)C(=O)N(C)[C@H]1CCS(=O)(=O)C1. The van der Waals surface area contributed by atoms with Gasteiger partial charge in [-0.1, -0.05) is 18.2 Å². The molecule has 3 rings (SSSR count). The third kappa shape index (κ3) is 2.76. The van der Waals surface area contributed by atoms with Crippen LogP contribution in [0.5, 0.6) is 0 Å². The Bertz CT molecular complexity index is 898. The molecular formula is C16H18N2O4S. The van der Waals surface area contributed by atoms with E-state index >= 15 is 0 Å². The van der Waals surface area contributed by atoms with Crippen molar-refractivity contribution >= 4 is 32.4 Å². The number of nitrogens with one attached hydrogen (secondary N) is 1. The standard InChI is InChI=1S/C16H18N2O4S/c1-10-14(12-5-3-4-6-13(12)17-10)15(19)16(20)18(2)11-7-8-23(21,22)9-11/h3-6,11,17H,7-9H2,1-2H3/t11-/m0/s1. The van der Waals surface area contributed by atoms with E-state index in [-0.39, 0.29) is 11.5 Å². The predicted octanol–water partition coefficient (Wildman–Crippen LogP) is 1.30. The number of fused-ring (bicyclic) bond motifs is 1. The average molecular weight is 334 g/mol. The van der Waals surface area contributed by atoms with Gasteiger partial charge in [-0.2, -0.15) is 0 Å². The van der Waals surface area contributed by atoms with E-state index in [1.807, 2.05) is 18.2 Å². The molecule has 6 nitrogen and oxygen atoms in total. The fourth-order valence-corrected chi connectivity index (χ4v) is 4.86. The highest BCUT2D eigenvalue weighted by Crippen LogP contribution is 2.24. The van der Waals surface area contributed by atoms with Crippen molar-refractivity contribution in [2.24, 2.45) is 0 Å². The van der Waals surface area contributed by atoms with Gasteiger partial charge in [0.05, 0.1) is 17.1 Å². The Morgan fingerprint density at radius 1 is 1.26 bits per heavy atom. The highest BCUT2D eigenvalue weighted by atomic mass is 32.2. The number of hydrogen-bond donors (Lipinski definition) is 1. The third-order valence-corrected chi connectivity index (χ3v) is 6.14. The summed E-state index contributed by atoms with van der Waals surface area (Å²) in [5, 5.41) is 0.704. The van der Waals surface area contributed by atoms with E-state index in [4.69, 9.17) is 0 Å². The summed E-state index contributed by atoms with van der Waals surface area (Å²) in [6.45, 7) is 1.75. The van der Waals surface area contributed by atoms with Gasteiger partial charge >= 0.3 is 0 Å². The van der Waals surface area contributed by atoms with Crippen LogP contribution in [0.4, 0.5) is 0 Å². The van der Waals surface area contributed by atoms with Crippen LogP contribution in [-0.4, -0.2) is 54.6 Å². The number of nitrogens with zero attached hydrogens (tertiary/aromatic N) is 1. The summed E-state index contributed by atoms with van der Waals surface area (Å²) in [5.74, 6) is -1.28. The monoisotopic (exact) mass is 334 g/mol. The number of aromatic nitrogens is 1. The number of rotatable bonds is 3. The van der Waals surface area contributed by atoms with E-state index in [0.717, 1.165) is 5.52 Å². The fourth-order valence-electron chi connectivity index (χ4n) is 3.08. The smallest absolute Gasteiger partial charge is 0.295 e. The van der Waals surface area contributed by atoms with E-state index in [1.54, 1.807) is 13.0 Å². The Hall–Kier alpha value is -2.15. The molecule has 1 aromatic carbocycles. The lowest BCUT2D eigenvalue weighted by Crippen LogP contribution is -2.41. The van der Waals surface area contributed by atoms with Crippen molar-refractivity contribution in [3.63, 3.8) is 0 Å². The highest BCUT2D eigenvalue weighted by molar-refractivity contribution is 7.91. The molecule has 1 N–H and O–H groups in total. The van der Waals surface area contributed by atoms with Gasteiger partial charge in [0.15, 0.2) is 9.84 Å². The van der Waals surface area contributed by atoms with Crippen LogP contribution in [0.15, 0.2) is 24.3 Å². The largest absolute Gasteiger partial charge is 0.358 e. The fraction of sp³-hybridized carbons (Fsp3) is 0.375. The first kappa shape index (κ1) is 15.7. The van der Waals surface area contributed by atoms with Crippen molar-refractivity contribution in [3.8, 4) is 0 Å². The number of aromatic amines is 1. The Labute approximate surface area is 134 Å². The summed E-state index contributed by atoms with van der Waals surface area (Å²) in [5.41, 5.74) is 1.79. The first-order chi connectivity index (χ1) is 10.8. The maximum atomic E-state index is 12.6. The second-order valence-corrected chi connectivity index (χ2v) is 8.20. The Kier molecular flexibility index (Phi) is 3.75. The molecule has 2 aromatic rings. The molecule has 0 bridgehead atoms. The molecule has 0 radical (unpaired) electrons. The van der Waals surface area contributed by atoms with Gasteiger partial charge in [-0.25, -0.2) is 8.42 Å². The van der Waals surface area contributed by atoms with Crippen LogP contribution < -0.4 is 0 Å². The minimum atomic E-state index is -3.11. The van der Waals surface area contributed by atoms with Crippen molar-refractivity contribution in [3.05, 3.63) is 35.5 Å². The molecule has 1 saturated heterocycles. The number of benzene rings is 1. The highest BCUT2D eigenvalue weighted by Gasteiger charge is 2.35. The number of aryl methyl sites for hydroxylation is 1. The zero-order chi connectivity index (χ0) is 16.8. The lowest BCUT2D eigenvalue weighted by Gasteiger charge is -2.22. The number of amides is 1. The van der Waals surface area contributed by atoms with Crippen LogP contribution >= 0.6 is 0 Å². The summed E-state index contributed by atoms with van der Waals surface area (Å²) in [6.07, 6.45) is 0.380. The molecule has 0 spiro atoms. The van der Waals surface area contributed by atoms with Crippen LogP contribution in [0, 0.1) is 6.92 Å². The number of H-pyrrole nitrogens is 1. The van der Waals surface area contributed by atoms with E-state index < -0.39 is 27.6 Å². The van der Waals surface area contributed by atoms with E-state index in [2.05, 4.69) is 4.98 Å². The van der Waals surface area contributed by atoms with E-state index in [9.17, 15) is 18.0 Å². The zero-order valence-electron chi connectivity index (χ0n) is 13.0. The summed E-state index contributed by atoms with van der Waals surface area (Å²) < 4.78 is 23.1. The van der Waals surface area contributed by atoms with Gasteiger partial charge in [0.25, 0.3) is 11.7 Å². The normalized spacial score (nSPS) is 19.8.